The summed E-state index contributed by atoms with van der Waals surface area (Å²) in [5, 5.41) is 6.89. The number of aromatic nitrogens is 2. The Balaban J connectivity index is 2.11. The lowest BCUT2D eigenvalue weighted by molar-refractivity contribution is 0.263. The topological polar surface area (TPSA) is 53.1 Å². The van der Waals surface area contributed by atoms with Gasteiger partial charge in [0.25, 0.3) is 0 Å². The third-order valence-corrected chi connectivity index (χ3v) is 3.66. The molecule has 0 atom stereocenters. The highest BCUT2D eigenvalue weighted by atomic mass is 15.1. The van der Waals surface area contributed by atoms with Crippen LogP contribution in [-0.4, -0.2) is 47.6 Å². The molecule has 2 rings (SSSR count). The van der Waals surface area contributed by atoms with Crippen LogP contribution in [0.3, 0.4) is 0 Å². The average molecular weight is 263 g/mol. The third-order valence-electron chi connectivity index (χ3n) is 3.66. The summed E-state index contributed by atoms with van der Waals surface area (Å²) in [6.07, 6.45) is 2.35. The first-order valence-electron chi connectivity index (χ1n) is 7.14. The molecule has 5 heteroatoms. The van der Waals surface area contributed by atoms with Crippen LogP contribution >= 0.6 is 0 Å². The van der Waals surface area contributed by atoms with Gasteiger partial charge in [0.15, 0.2) is 0 Å². The van der Waals surface area contributed by atoms with Crippen LogP contribution < -0.4 is 10.6 Å². The lowest BCUT2D eigenvalue weighted by atomic mass is 10.1. The first-order valence-corrected chi connectivity index (χ1v) is 7.14. The van der Waals surface area contributed by atoms with Crippen LogP contribution in [0.5, 0.6) is 0 Å². The third kappa shape index (κ3) is 3.56. The van der Waals surface area contributed by atoms with Crippen LogP contribution in [-0.2, 0) is 0 Å². The summed E-state index contributed by atoms with van der Waals surface area (Å²) >= 11 is 0. The minimum Gasteiger partial charge on any atom is -0.370 e. The van der Waals surface area contributed by atoms with E-state index in [9.17, 15) is 0 Å². The smallest absolute Gasteiger partial charge is 0.134 e. The SMILES string of the molecule is CCNc1nc(C)nc(NC2CCN(C)CC2)c1C. The van der Waals surface area contributed by atoms with Crippen molar-refractivity contribution in [2.75, 3.05) is 37.3 Å². The molecule has 0 aliphatic carbocycles. The molecular weight excluding hydrogens is 238 g/mol. The average Bonchev–Trinajstić information content (AvgIpc) is 2.38. The summed E-state index contributed by atoms with van der Waals surface area (Å²) in [6, 6.07) is 0.527. The molecule has 0 radical (unpaired) electrons. The van der Waals surface area contributed by atoms with Crippen molar-refractivity contribution >= 4 is 11.6 Å². The van der Waals surface area contributed by atoms with E-state index in [1.807, 2.05) is 6.92 Å². The molecule has 1 fully saturated rings. The second-order valence-electron chi connectivity index (χ2n) is 5.35. The van der Waals surface area contributed by atoms with E-state index in [4.69, 9.17) is 0 Å². The summed E-state index contributed by atoms with van der Waals surface area (Å²) in [5.41, 5.74) is 1.12. The van der Waals surface area contributed by atoms with Gasteiger partial charge in [-0.25, -0.2) is 9.97 Å². The van der Waals surface area contributed by atoms with E-state index in [0.29, 0.717) is 6.04 Å². The van der Waals surface area contributed by atoms with Gasteiger partial charge in [-0.05, 0) is 53.8 Å². The van der Waals surface area contributed by atoms with Gasteiger partial charge in [-0.2, -0.15) is 0 Å². The quantitative estimate of drug-likeness (QED) is 0.870. The van der Waals surface area contributed by atoms with Crippen LogP contribution in [0.4, 0.5) is 11.6 Å². The first kappa shape index (κ1) is 14.1. The van der Waals surface area contributed by atoms with E-state index in [0.717, 1.165) is 42.7 Å². The van der Waals surface area contributed by atoms with Gasteiger partial charge < -0.3 is 15.5 Å². The van der Waals surface area contributed by atoms with Gasteiger partial charge in [0.2, 0.25) is 0 Å². The molecule has 0 unspecified atom stereocenters. The van der Waals surface area contributed by atoms with Gasteiger partial charge >= 0.3 is 0 Å². The van der Waals surface area contributed by atoms with Crippen molar-refractivity contribution in [2.45, 2.75) is 39.7 Å². The lowest BCUT2D eigenvalue weighted by Crippen LogP contribution is -2.37. The van der Waals surface area contributed by atoms with Crippen LogP contribution in [0.15, 0.2) is 0 Å². The zero-order valence-electron chi connectivity index (χ0n) is 12.5. The Morgan fingerprint density at radius 3 is 2.42 bits per heavy atom. The number of anilines is 2. The number of rotatable bonds is 4. The predicted octanol–water partition coefficient (Wildman–Crippen LogP) is 2.03. The molecule has 1 saturated heterocycles. The molecule has 1 aliphatic heterocycles. The molecule has 2 heterocycles. The van der Waals surface area contributed by atoms with E-state index in [1.54, 1.807) is 0 Å². The van der Waals surface area contributed by atoms with Crippen molar-refractivity contribution < 1.29 is 0 Å². The van der Waals surface area contributed by atoms with Gasteiger partial charge in [-0.1, -0.05) is 0 Å². The Bertz CT molecular complexity index is 424. The van der Waals surface area contributed by atoms with E-state index in [1.165, 1.54) is 12.8 Å². The number of hydrogen-bond acceptors (Lipinski definition) is 5. The maximum atomic E-state index is 4.55. The van der Waals surface area contributed by atoms with E-state index in [2.05, 4.69) is 46.4 Å². The predicted molar refractivity (Wildman–Crippen MR) is 79.8 cm³/mol. The molecule has 106 valence electrons. The van der Waals surface area contributed by atoms with Crippen molar-refractivity contribution in [1.29, 1.82) is 0 Å². The molecule has 1 aromatic heterocycles. The molecular formula is C14H25N5. The highest BCUT2D eigenvalue weighted by molar-refractivity contribution is 5.57. The van der Waals surface area contributed by atoms with E-state index in [-0.39, 0.29) is 0 Å². The van der Waals surface area contributed by atoms with Gasteiger partial charge in [-0.15, -0.1) is 0 Å². The number of aryl methyl sites for hydroxylation is 1. The second kappa shape index (κ2) is 6.19. The summed E-state index contributed by atoms with van der Waals surface area (Å²) < 4.78 is 0. The fourth-order valence-corrected chi connectivity index (χ4v) is 2.45. The lowest BCUT2D eigenvalue weighted by Gasteiger charge is -2.30. The molecule has 0 spiro atoms. The van der Waals surface area contributed by atoms with Crippen molar-refractivity contribution in [3.63, 3.8) is 0 Å². The number of piperidine rings is 1. The number of nitrogens with zero attached hydrogens (tertiary/aromatic N) is 3. The Morgan fingerprint density at radius 1 is 1.16 bits per heavy atom. The van der Waals surface area contributed by atoms with Crippen molar-refractivity contribution in [3.05, 3.63) is 11.4 Å². The molecule has 19 heavy (non-hydrogen) atoms. The molecule has 0 bridgehead atoms. The molecule has 0 amide bonds. The summed E-state index contributed by atoms with van der Waals surface area (Å²) in [4.78, 5) is 11.4. The standard InChI is InChI=1S/C14H25N5/c1-5-15-13-10(2)14(17-11(3)16-13)18-12-6-8-19(4)9-7-12/h12H,5-9H2,1-4H3,(H2,15,16,17,18). The Morgan fingerprint density at radius 2 is 1.79 bits per heavy atom. The first-order chi connectivity index (χ1) is 9.10. The van der Waals surface area contributed by atoms with E-state index >= 15 is 0 Å². The minimum atomic E-state index is 0.527. The Kier molecular flexibility index (Phi) is 4.58. The molecule has 0 aromatic carbocycles. The molecule has 1 aromatic rings. The van der Waals surface area contributed by atoms with Crippen molar-refractivity contribution in [2.24, 2.45) is 0 Å². The summed E-state index contributed by atoms with van der Waals surface area (Å²) in [5.74, 6) is 2.75. The van der Waals surface area contributed by atoms with Crippen LogP contribution in [0, 0.1) is 13.8 Å². The number of hydrogen-bond donors (Lipinski definition) is 2. The highest BCUT2D eigenvalue weighted by Crippen LogP contribution is 2.22. The molecule has 5 nitrogen and oxygen atoms in total. The van der Waals surface area contributed by atoms with Gasteiger partial charge in [0, 0.05) is 18.2 Å². The van der Waals surface area contributed by atoms with Crippen molar-refractivity contribution in [3.8, 4) is 0 Å². The van der Waals surface area contributed by atoms with Gasteiger partial charge in [0.1, 0.15) is 17.5 Å². The number of likely N-dealkylation sites (tertiary alicyclic amines) is 1. The zero-order chi connectivity index (χ0) is 13.8. The molecule has 1 aliphatic rings. The largest absolute Gasteiger partial charge is 0.370 e. The summed E-state index contributed by atoms with van der Waals surface area (Å²) in [6.45, 7) is 9.29. The maximum Gasteiger partial charge on any atom is 0.134 e. The Labute approximate surface area is 115 Å². The van der Waals surface area contributed by atoms with Gasteiger partial charge in [0.05, 0.1) is 0 Å². The monoisotopic (exact) mass is 263 g/mol. The Hall–Kier alpha value is -1.36. The fraction of sp³-hybridized carbons (Fsp3) is 0.714. The second-order valence-corrected chi connectivity index (χ2v) is 5.35. The van der Waals surface area contributed by atoms with Crippen molar-refractivity contribution in [1.82, 2.24) is 14.9 Å². The fourth-order valence-electron chi connectivity index (χ4n) is 2.45. The van der Waals surface area contributed by atoms with Crippen LogP contribution in [0.1, 0.15) is 31.2 Å². The van der Waals surface area contributed by atoms with E-state index < -0.39 is 0 Å². The highest BCUT2D eigenvalue weighted by Gasteiger charge is 2.18. The maximum absolute atomic E-state index is 4.55. The van der Waals surface area contributed by atoms with Crippen LogP contribution in [0.2, 0.25) is 0 Å². The number of nitrogens with one attached hydrogen (secondary N) is 2. The van der Waals surface area contributed by atoms with Crippen LogP contribution in [0.25, 0.3) is 0 Å². The molecule has 0 saturated carbocycles. The zero-order valence-corrected chi connectivity index (χ0v) is 12.5. The summed E-state index contributed by atoms with van der Waals surface area (Å²) in [7, 11) is 2.18. The normalized spacial score (nSPS) is 17.5. The molecule has 2 N–H and O–H groups in total. The minimum absolute atomic E-state index is 0.527. The van der Waals surface area contributed by atoms with Gasteiger partial charge in [-0.3, -0.25) is 0 Å².